The number of hydrogen-bond acceptors (Lipinski definition) is 25. The van der Waals surface area contributed by atoms with Crippen LogP contribution in [0.25, 0.3) is 11.1 Å². The fourth-order valence-corrected chi connectivity index (χ4v) is 14.3. The van der Waals surface area contributed by atoms with Gasteiger partial charge in [0.05, 0.1) is 55.3 Å². The molecule has 0 unspecified atom stereocenters. The first kappa shape index (κ1) is 85.5. The Hall–Kier alpha value is -11.5. The lowest BCUT2D eigenvalue weighted by Gasteiger charge is -2.43. The highest BCUT2D eigenvalue weighted by molar-refractivity contribution is 6.31. The van der Waals surface area contributed by atoms with Crippen LogP contribution in [0.4, 0.5) is 4.79 Å². The van der Waals surface area contributed by atoms with Crippen LogP contribution >= 0.6 is 0 Å². The Morgan fingerprint density at radius 2 is 1.19 bits per heavy atom. The summed E-state index contributed by atoms with van der Waals surface area (Å²) in [5.41, 5.74) is 4.93. The predicted octanol–water partition coefficient (Wildman–Crippen LogP) is -0.844. The molecule has 19 N–H and O–H groups in total. The molecule has 5 aromatic rings. The number of carbonyl (C=O) groups is 13. The number of aliphatic hydroxyl groups excluding tert-OH is 4. The number of primary amides is 1. The number of aliphatic hydroxyl groups is 5. The third-order valence-corrected chi connectivity index (χ3v) is 20.1. The molecule has 1 aliphatic heterocycles. The zero-order chi connectivity index (χ0) is 82.4. The number of ketones is 3. The van der Waals surface area contributed by atoms with Gasteiger partial charge in [-0.2, -0.15) is 0 Å². The number of ether oxygens (including phenoxy) is 4. The molecule has 35 nitrogen and oxygen atoms in total. The summed E-state index contributed by atoms with van der Waals surface area (Å²) in [6, 6.07) is 12.3. The van der Waals surface area contributed by atoms with Gasteiger partial charge in [-0.3, -0.25) is 57.5 Å². The van der Waals surface area contributed by atoms with Crippen LogP contribution in [0.5, 0.6) is 23.0 Å². The van der Waals surface area contributed by atoms with Crippen LogP contribution in [0.2, 0.25) is 0 Å². The van der Waals surface area contributed by atoms with Gasteiger partial charge in [-0.15, -0.1) is 0 Å². The van der Waals surface area contributed by atoms with Crippen LogP contribution in [-0.2, 0) is 75.0 Å². The molecule has 9 rings (SSSR count). The summed E-state index contributed by atoms with van der Waals surface area (Å²) in [5, 5.41) is 111. The molecule has 0 aromatic heterocycles. The van der Waals surface area contributed by atoms with Gasteiger partial charge in [0.15, 0.2) is 17.9 Å². The van der Waals surface area contributed by atoms with Gasteiger partial charge in [0.25, 0.3) is 0 Å². The molecule has 0 bridgehead atoms. The smallest absolute Gasteiger partial charge is 0.407 e. The molecule has 3 aliphatic carbocycles. The summed E-state index contributed by atoms with van der Waals surface area (Å²) in [4.78, 5) is 178. The molecule has 0 spiro atoms. The van der Waals surface area contributed by atoms with Gasteiger partial charge in [-0.25, -0.2) is 4.79 Å². The lowest BCUT2D eigenvalue weighted by Crippen LogP contribution is -2.62. The Kier molecular flexibility index (Phi) is 28.5. The van der Waals surface area contributed by atoms with Crippen molar-refractivity contribution in [3.63, 3.8) is 0 Å². The molecule has 0 saturated carbocycles. The van der Waals surface area contributed by atoms with Crippen molar-refractivity contribution in [1.29, 1.82) is 0 Å². The number of alkyl carbamates (subject to hydrolysis) is 1. The average molecular weight is 1570 g/mol. The number of rotatable bonds is 35. The van der Waals surface area contributed by atoms with E-state index in [0.29, 0.717) is 5.56 Å². The molecule has 5 aromatic carbocycles. The van der Waals surface area contributed by atoms with E-state index in [1.165, 1.54) is 63.4 Å². The molecular formula is C78H94N10O25. The van der Waals surface area contributed by atoms with Gasteiger partial charge in [0.1, 0.15) is 90.2 Å². The van der Waals surface area contributed by atoms with Crippen LogP contribution in [0, 0.1) is 5.92 Å². The van der Waals surface area contributed by atoms with Crippen LogP contribution in [0.15, 0.2) is 91.0 Å². The Labute approximate surface area is 647 Å². The number of benzene rings is 5. The van der Waals surface area contributed by atoms with E-state index in [0.717, 1.165) is 29.2 Å². The molecule has 13 atom stereocenters. The van der Waals surface area contributed by atoms with Crippen LogP contribution in [0.1, 0.15) is 151 Å². The zero-order valence-electron chi connectivity index (χ0n) is 62.7. The number of carbonyl (C=O) groups excluding carboxylic acids is 13. The molecule has 113 heavy (non-hydrogen) atoms. The average Bonchev–Trinajstić information content (AvgIpc) is 1.01. The number of amides is 10. The maximum Gasteiger partial charge on any atom is 0.407 e. The molecule has 10 amide bonds. The Morgan fingerprint density at radius 3 is 1.80 bits per heavy atom. The highest BCUT2D eigenvalue weighted by Gasteiger charge is 2.51. The maximum atomic E-state index is 14.5. The van der Waals surface area contributed by atoms with Crippen LogP contribution in [-0.4, -0.2) is 230 Å². The summed E-state index contributed by atoms with van der Waals surface area (Å²) in [7, 11) is 1.25. The van der Waals surface area contributed by atoms with Gasteiger partial charge in [0.2, 0.25) is 58.9 Å². The Balaban J connectivity index is 0.825. The molecular weight excluding hydrogens is 1480 g/mol. The molecule has 1 heterocycles. The topological polar surface area (TPSA) is 555 Å². The number of phenolic OH excluding ortho intramolecular Hbond substituents is 3. The van der Waals surface area contributed by atoms with Gasteiger partial charge in [-0.1, -0.05) is 86.6 Å². The minimum atomic E-state index is -2.53. The van der Waals surface area contributed by atoms with Crippen molar-refractivity contribution >= 4 is 76.6 Å². The van der Waals surface area contributed by atoms with Gasteiger partial charge in [-0.05, 0) is 91.5 Å². The number of nitrogens with one attached hydrogen (secondary N) is 9. The SMILES string of the molecule is COc1cccc2c1C(=O)c1c(O)c3c(c(O)c1C2=O)C[C@@](O)(C(=O)CO)C[C@@H]3O[C@H]1C[C@H](NC(=O)[C@H](CC(C)C)NC(=O)[C@H](CO)NC(=O)[C@H](CCC(N)=O)NC(=O)[C@H](Cc2ccc(O)cc2)NC(=O)[C@H](CO)NC(=O)[C@H](C)NC(=O)[C@H](CCCNC(=O)OCC2c3ccccc3-c3ccccc32)NC(C)=O)[C@H](O)[C@H](C)O1. The quantitative estimate of drug-likeness (QED) is 0.0170. The molecule has 4 aliphatic rings. The van der Waals surface area contributed by atoms with E-state index < -0.39 is 236 Å². The van der Waals surface area contributed by atoms with Crippen LogP contribution in [0.3, 0.4) is 0 Å². The van der Waals surface area contributed by atoms with E-state index >= 15 is 0 Å². The summed E-state index contributed by atoms with van der Waals surface area (Å²) in [6.45, 7) is 3.78. The summed E-state index contributed by atoms with van der Waals surface area (Å²) in [5.74, 6) is -14.6. The summed E-state index contributed by atoms with van der Waals surface area (Å²) in [6.07, 6.45) is -10.2. The van der Waals surface area contributed by atoms with Gasteiger partial charge < -0.3 is 113 Å². The van der Waals surface area contributed by atoms with Crippen molar-refractivity contribution in [3.8, 4) is 34.1 Å². The molecule has 1 saturated heterocycles. The normalized spacial score (nSPS) is 19.9. The molecule has 0 radical (unpaired) electrons. The van der Waals surface area contributed by atoms with E-state index in [4.69, 9.17) is 24.7 Å². The fourth-order valence-electron chi connectivity index (χ4n) is 14.3. The second kappa shape index (κ2) is 37.7. The third kappa shape index (κ3) is 20.3. The number of methoxy groups -OCH3 is 1. The number of fused-ring (bicyclic) bond motifs is 6. The monoisotopic (exact) mass is 1570 g/mol. The van der Waals surface area contributed by atoms with Crippen molar-refractivity contribution in [3.05, 3.63) is 141 Å². The van der Waals surface area contributed by atoms with Crippen molar-refractivity contribution in [2.24, 2.45) is 11.7 Å². The first-order chi connectivity index (χ1) is 53.7. The van der Waals surface area contributed by atoms with Crippen molar-refractivity contribution < 1.29 is 122 Å². The first-order valence-electron chi connectivity index (χ1n) is 36.7. The maximum absolute atomic E-state index is 14.5. The van der Waals surface area contributed by atoms with E-state index in [-0.39, 0.29) is 78.0 Å². The highest BCUT2D eigenvalue weighted by atomic mass is 16.7. The second-order valence-corrected chi connectivity index (χ2v) is 28.7. The first-order valence-corrected chi connectivity index (χ1v) is 36.7. The van der Waals surface area contributed by atoms with Gasteiger partial charge in [0, 0.05) is 68.2 Å². The lowest BCUT2D eigenvalue weighted by molar-refractivity contribution is -0.249. The summed E-state index contributed by atoms with van der Waals surface area (Å²) < 4.78 is 23.3. The largest absolute Gasteiger partial charge is 0.508 e. The number of nitrogens with two attached hydrogens (primary N) is 1. The van der Waals surface area contributed by atoms with E-state index in [1.807, 2.05) is 48.5 Å². The highest BCUT2D eigenvalue weighted by Crippen LogP contribution is 2.53. The predicted molar refractivity (Wildman–Crippen MR) is 397 cm³/mol. The number of hydrogen-bond donors (Lipinski definition) is 18. The Morgan fingerprint density at radius 1 is 0.637 bits per heavy atom. The molecule has 35 heteroatoms. The summed E-state index contributed by atoms with van der Waals surface area (Å²) >= 11 is 0. The van der Waals surface area contributed by atoms with E-state index in [2.05, 4.69) is 47.9 Å². The van der Waals surface area contributed by atoms with Crippen molar-refractivity contribution in [2.45, 2.75) is 177 Å². The van der Waals surface area contributed by atoms with E-state index in [1.54, 1.807) is 13.8 Å². The third-order valence-electron chi connectivity index (χ3n) is 20.1. The van der Waals surface area contributed by atoms with Crippen LogP contribution < -0.4 is 58.3 Å². The fraction of sp³-hybridized carbons (Fsp3) is 0.449. The zero-order valence-corrected chi connectivity index (χ0v) is 62.7. The number of Topliss-reactive ketones (excluding diaryl/α,β-unsaturated/α-hetero) is 1. The van der Waals surface area contributed by atoms with Crippen molar-refractivity contribution in [2.75, 3.05) is 40.1 Å². The lowest BCUT2D eigenvalue weighted by atomic mass is 9.72. The Bertz CT molecular complexity index is 4420. The standard InChI is InChI=1S/C78H94N10O25/c1-36(2)27-52(73(104)84-51-29-60(112-38(4)65(51)96)113-57-31-78(109,58(94)34-91)30-47-62(57)69(100)64-63(67(47)98)66(97)46-17-11-19-56(110-6)61(46)68(64)99)85-76(107)55(33-90)88-72(103)50(24-25-59(79)95)83-74(105)53(28-40-20-22-41(93)23-21-40)86-75(106)54(32-89)87-70(101)37(3)81-71(102)49(82-39(5)92)18-12-26-80-77(108)111-35-48-44-15-9-7-13-42(44)43-14-8-10-16-45(43)48/h7-11,13-17,19-23,36-38,48-55,57,60,65,89-91,93,96,98,100,109H,12,18,24-35H2,1-6H3,(H2,79,95)(H,80,108)(H,81,102)(H,82,92)(H,83,105)(H,84,104)(H,85,107)(H,86,106)(H,87,101)(H,88,103)/t37-,38-,49-,50-,51-,52-,53-,54-,55-,57-,60-,65+,78-/m0/s1. The second-order valence-electron chi connectivity index (χ2n) is 28.7. The number of phenols is 3. The minimum absolute atomic E-state index is 0.0235. The van der Waals surface area contributed by atoms with Crippen molar-refractivity contribution in [1.82, 2.24) is 47.9 Å². The molecule has 606 valence electrons. The molecule has 1 fully saturated rings. The van der Waals surface area contributed by atoms with E-state index in [9.17, 15) is 103 Å². The number of aromatic hydroxyl groups is 3. The minimum Gasteiger partial charge on any atom is -0.508 e. The van der Waals surface area contributed by atoms with Gasteiger partial charge >= 0.3 is 6.09 Å².